The van der Waals surface area contributed by atoms with Crippen LogP contribution in [0.2, 0.25) is 0 Å². The molecule has 0 amide bonds. The van der Waals surface area contributed by atoms with E-state index in [2.05, 4.69) is 15.4 Å². The first kappa shape index (κ1) is 10.6. The quantitative estimate of drug-likeness (QED) is 0.795. The molecule has 0 saturated carbocycles. The summed E-state index contributed by atoms with van der Waals surface area (Å²) in [6.45, 7) is 1.85. The van der Waals surface area contributed by atoms with E-state index in [0.29, 0.717) is 5.56 Å². The van der Waals surface area contributed by atoms with E-state index in [9.17, 15) is 0 Å². The second-order valence-corrected chi connectivity index (χ2v) is 4.04. The van der Waals surface area contributed by atoms with Gasteiger partial charge in [0.2, 0.25) is 5.13 Å². The zero-order valence-corrected chi connectivity index (χ0v) is 9.82. The van der Waals surface area contributed by atoms with Gasteiger partial charge in [0, 0.05) is 18.6 Å². The molecule has 2 rings (SSSR count). The Morgan fingerprint density at radius 3 is 2.75 bits per heavy atom. The van der Waals surface area contributed by atoms with Crippen LogP contribution in [-0.4, -0.2) is 16.4 Å². The molecule has 5 heteroatoms. The molecular formula is C11H10N4S. The minimum atomic E-state index is 0.637. The summed E-state index contributed by atoms with van der Waals surface area (Å²) < 4.78 is 4.12. The zero-order chi connectivity index (χ0) is 11.5. The first-order chi connectivity index (χ1) is 7.72. The monoisotopic (exact) mass is 230 g/mol. The third-order valence-corrected chi connectivity index (χ3v) is 3.07. The SMILES string of the molecule is Cc1nsc(N(C)c2ccccc2C#N)n1. The Balaban J connectivity index is 2.41. The molecule has 16 heavy (non-hydrogen) atoms. The topological polar surface area (TPSA) is 52.8 Å². The minimum absolute atomic E-state index is 0.637. The fraction of sp³-hybridized carbons (Fsp3) is 0.182. The molecular weight excluding hydrogens is 220 g/mol. The van der Waals surface area contributed by atoms with Crippen molar-refractivity contribution in [2.75, 3.05) is 11.9 Å². The maximum absolute atomic E-state index is 9.01. The van der Waals surface area contributed by atoms with Gasteiger partial charge in [0.15, 0.2) is 0 Å². The van der Waals surface area contributed by atoms with E-state index in [0.717, 1.165) is 16.6 Å². The van der Waals surface area contributed by atoms with Gasteiger partial charge in [0.25, 0.3) is 0 Å². The van der Waals surface area contributed by atoms with Gasteiger partial charge in [0.05, 0.1) is 11.3 Å². The Morgan fingerprint density at radius 2 is 2.12 bits per heavy atom. The number of anilines is 2. The van der Waals surface area contributed by atoms with Crippen LogP contribution in [0.25, 0.3) is 0 Å². The highest BCUT2D eigenvalue weighted by molar-refractivity contribution is 7.09. The molecule has 0 aliphatic rings. The van der Waals surface area contributed by atoms with Gasteiger partial charge in [-0.3, -0.25) is 0 Å². The molecule has 0 aliphatic carbocycles. The molecule has 0 N–H and O–H groups in total. The van der Waals surface area contributed by atoms with E-state index in [-0.39, 0.29) is 0 Å². The van der Waals surface area contributed by atoms with Crippen LogP contribution >= 0.6 is 11.5 Å². The van der Waals surface area contributed by atoms with Crippen molar-refractivity contribution in [3.8, 4) is 6.07 Å². The van der Waals surface area contributed by atoms with Crippen molar-refractivity contribution >= 4 is 22.4 Å². The van der Waals surface area contributed by atoms with Gasteiger partial charge < -0.3 is 4.90 Å². The Kier molecular flexibility index (Phi) is 2.84. The molecule has 4 nitrogen and oxygen atoms in total. The lowest BCUT2D eigenvalue weighted by atomic mass is 10.2. The summed E-state index contributed by atoms with van der Waals surface area (Å²) in [5.41, 5.74) is 1.49. The van der Waals surface area contributed by atoms with Crippen molar-refractivity contribution in [3.63, 3.8) is 0 Å². The van der Waals surface area contributed by atoms with Gasteiger partial charge >= 0.3 is 0 Å². The van der Waals surface area contributed by atoms with E-state index in [1.165, 1.54) is 11.5 Å². The summed E-state index contributed by atoms with van der Waals surface area (Å²) in [6.07, 6.45) is 0. The molecule has 0 saturated heterocycles. The molecule has 0 bridgehead atoms. The van der Waals surface area contributed by atoms with E-state index >= 15 is 0 Å². The first-order valence-electron chi connectivity index (χ1n) is 4.75. The molecule has 80 valence electrons. The van der Waals surface area contributed by atoms with Gasteiger partial charge in [0.1, 0.15) is 11.9 Å². The molecule has 1 aromatic heterocycles. The van der Waals surface area contributed by atoms with Crippen LogP contribution in [0, 0.1) is 18.3 Å². The maximum atomic E-state index is 9.01. The average molecular weight is 230 g/mol. The third kappa shape index (κ3) is 1.88. The van der Waals surface area contributed by atoms with Gasteiger partial charge in [-0.25, -0.2) is 4.98 Å². The summed E-state index contributed by atoms with van der Waals surface area (Å²) >= 11 is 1.33. The molecule has 0 fully saturated rings. The predicted octanol–water partition coefficient (Wildman–Crippen LogP) is 2.49. The zero-order valence-electron chi connectivity index (χ0n) is 9.01. The summed E-state index contributed by atoms with van der Waals surface area (Å²) in [5.74, 6) is 0.751. The summed E-state index contributed by atoms with van der Waals surface area (Å²) in [7, 11) is 1.89. The normalized spacial score (nSPS) is 9.81. The van der Waals surface area contributed by atoms with Crippen molar-refractivity contribution in [2.45, 2.75) is 6.92 Å². The van der Waals surface area contributed by atoms with Gasteiger partial charge in [-0.15, -0.1) is 0 Å². The molecule has 0 spiro atoms. The molecule has 0 aliphatic heterocycles. The number of nitriles is 1. The Bertz CT molecular complexity index is 541. The Morgan fingerprint density at radius 1 is 1.38 bits per heavy atom. The molecule has 2 aromatic rings. The van der Waals surface area contributed by atoms with Crippen LogP contribution in [0.1, 0.15) is 11.4 Å². The van der Waals surface area contributed by atoms with Gasteiger partial charge in [-0.2, -0.15) is 9.64 Å². The number of para-hydroxylation sites is 1. The van der Waals surface area contributed by atoms with Gasteiger partial charge in [-0.05, 0) is 19.1 Å². The van der Waals surface area contributed by atoms with E-state index in [1.807, 2.05) is 37.1 Å². The smallest absolute Gasteiger partial charge is 0.209 e. The van der Waals surface area contributed by atoms with E-state index < -0.39 is 0 Å². The Labute approximate surface area is 98.0 Å². The van der Waals surface area contributed by atoms with Crippen LogP contribution < -0.4 is 4.90 Å². The predicted molar refractivity (Wildman–Crippen MR) is 63.9 cm³/mol. The lowest BCUT2D eigenvalue weighted by molar-refractivity contribution is 1.11. The number of benzene rings is 1. The third-order valence-electron chi connectivity index (χ3n) is 2.19. The first-order valence-corrected chi connectivity index (χ1v) is 5.53. The van der Waals surface area contributed by atoms with Gasteiger partial charge in [-0.1, -0.05) is 12.1 Å². The number of nitrogens with zero attached hydrogens (tertiary/aromatic N) is 4. The van der Waals surface area contributed by atoms with Crippen molar-refractivity contribution in [2.24, 2.45) is 0 Å². The fourth-order valence-electron chi connectivity index (χ4n) is 1.39. The number of rotatable bonds is 2. The highest BCUT2D eigenvalue weighted by atomic mass is 32.1. The van der Waals surface area contributed by atoms with Crippen molar-refractivity contribution in [1.82, 2.24) is 9.36 Å². The molecule has 0 unspecified atom stereocenters. The number of hydrogen-bond donors (Lipinski definition) is 0. The lowest BCUT2D eigenvalue weighted by Gasteiger charge is -2.16. The van der Waals surface area contributed by atoms with Crippen molar-refractivity contribution in [3.05, 3.63) is 35.7 Å². The highest BCUT2D eigenvalue weighted by Crippen LogP contribution is 2.27. The number of aryl methyl sites for hydroxylation is 1. The fourth-order valence-corrected chi connectivity index (χ4v) is 2.03. The van der Waals surface area contributed by atoms with Crippen LogP contribution in [0.15, 0.2) is 24.3 Å². The largest absolute Gasteiger partial charge is 0.318 e. The van der Waals surface area contributed by atoms with Crippen LogP contribution in [0.4, 0.5) is 10.8 Å². The highest BCUT2D eigenvalue weighted by Gasteiger charge is 2.11. The molecule has 0 radical (unpaired) electrons. The van der Waals surface area contributed by atoms with E-state index in [1.54, 1.807) is 6.07 Å². The molecule has 1 heterocycles. The second kappa shape index (κ2) is 4.29. The van der Waals surface area contributed by atoms with Crippen LogP contribution in [-0.2, 0) is 0 Å². The van der Waals surface area contributed by atoms with Crippen LogP contribution in [0.5, 0.6) is 0 Å². The standard InChI is InChI=1S/C11H10N4S/c1-8-13-11(16-14-8)15(2)10-6-4-3-5-9(10)7-12/h3-6H,1-2H3. The summed E-state index contributed by atoms with van der Waals surface area (Å²) in [6, 6.07) is 9.61. The van der Waals surface area contributed by atoms with Crippen molar-refractivity contribution < 1.29 is 0 Å². The van der Waals surface area contributed by atoms with E-state index in [4.69, 9.17) is 5.26 Å². The van der Waals surface area contributed by atoms with Crippen molar-refractivity contribution in [1.29, 1.82) is 5.26 Å². The molecule has 1 aromatic carbocycles. The number of aromatic nitrogens is 2. The lowest BCUT2D eigenvalue weighted by Crippen LogP contribution is -2.10. The Hall–Kier alpha value is -1.93. The second-order valence-electron chi connectivity index (χ2n) is 3.31. The molecule has 0 atom stereocenters. The average Bonchev–Trinajstić information content (AvgIpc) is 2.75. The van der Waals surface area contributed by atoms with Crippen LogP contribution in [0.3, 0.4) is 0 Å². The maximum Gasteiger partial charge on any atom is 0.209 e. The minimum Gasteiger partial charge on any atom is -0.318 e. The summed E-state index contributed by atoms with van der Waals surface area (Å²) in [4.78, 5) is 6.16. The number of hydrogen-bond acceptors (Lipinski definition) is 5. The summed E-state index contributed by atoms with van der Waals surface area (Å²) in [5, 5.41) is 9.80.